The predicted molar refractivity (Wildman–Crippen MR) is 95.3 cm³/mol. The first-order valence-electron chi connectivity index (χ1n) is 7.39. The van der Waals surface area contributed by atoms with Gasteiger partial charge in [0, 0.05) is 9.86 Å². The number of halogens is 1. The maximum atomic E-state index is 11.8. The number of carbonyl (C=O) groups is 1. The fourth-order valence-corrected chi connectivity index (χ4v) is 2.68. The quantitative estimate of drug-likeness (QED) is 0.737. The summed E-state index contributed by atoms with van der Waals surface area (Å²) in [5.41, 5.74) is 7.01. The molecule has 122 valence electrons. The Morgan fingerprint density at radius 2 is 2.04 bits per heavy atom. The minimum atomic E-state index is -0.603. The fourth-order valence-electron chi connectivity index (χ4n) is 2.31. The molecular formula is C18H15BrN2O3. The molecule has 6 heteroatoms. The molecule has 0 aliphatic rings. The standard InChI is InChI=1S/C18H15BrN2O3/c1-2-23-15-9-5-6-11-10-12(17(20)22)18(24-16(11)15)21-14-8-4-3-7-13(14)19/h3-10H,2H2,1H3,(H2,20,22). The summed E-state index contributed by atoms with van der Waals surface area (Å²) < 4.78 is 12.3. The first-order valence-corrected chi connectivity index (χ1v) is 8.18. The van der Waals surface area contributed by atoms with Gasteiger partial charge in [0.1, 0.15) is 5.56 Å². The predicted octanol–water partition coefficient (Wildman–Crippen LogP) is 3.93. The van der Waals surface area contributed by atoms with Gasteiger partial charge in [-0.05, 0) is 47.1 Å². The summed E-state index contributed by atoms with van der Waals surface area (Å²) in [6.45, 7) is 2.39. The van der Waals surface area contributed by atoms with Crippen molar-refractivity contribution in [3.05, 3.63) is 64.1 Å². The Kier molecular flexibility index (Phi) is 4.66. The van der Waals surface area contributed by atoms with E-state index in [0.29, 0.717) is 23.6 Å². The Hall–Kier alpha value is -2.60. The van der Waals surface area contributed by atoms with Gasteiger partial charge in [-0.1, -0.05) is 24.3 Å². The highest BCUT2D eigenvalue weighted by Crippen LogP contribution is 2.27. The summed E-state index contributed by atoms with van der Waals surface area (Å²) in [7, 11) is 0. The number of hydrogen-bond donors (Lipinski definition) is 1. The van der Waals surface area contributed by atoms with Gasteiger partial charge in [-0.3, -0.25) is 4.79 Å². The Bertz CT molecular complexity index is 979. The average Bonchev–Trinajstić information content (AvgIpc) is 2.57. The molecule has 1 aromatic heterocycles. The summed E-state index contributed by atoms with van der Waals surface area (Å²) in [4.78, 5) is 16.3. The number of nitrogens with two attached hydrogens (primary N) is 1. The van der Waals surface area contributed by atoms with Crippen molar-refractivity contribution in [3.8, 4) is 5.75 Å². The zero-order chi connectivity index (χ0) is 17.1. The van der Waals surface area contributed by atoms with Crippen LogP contribution in [0.15, 0.2) is 62.4 Å². The lowest BCUT2D eigenvalue weighted by Gasteiger charge is -2.07. The number of hydrogen-bond acceptors (Lipinski definition) is 4. The number of rotatable bonds is 4. The van der Waals surface area contributed by atoms with Crippen molar-refractivity contribution in [2.75, 3.05) is 6.61 Å². The van der Waals surface area contributed by atoms with Crippen LogP contribution in [0.5, 0.6) is 5.75 Å². The van der Waals surface area contributed by atoms with Crippen LogP contribution in [0, 0.1) is 0 Å². The number of benzene rings is 2. The maximum absolute atomic E-state index is 11.8. The van der Waals surface area contributed by atoms with Crippen LogP contribution in [0.4, 0.5) is 5.69 Å². The molecule has 0 saturated heterocycles. The molecule has 3 aromatic rings. The van der Waals surface area contributed by atoms with E-state index in [2.05, 4.69) is 20.9 Å². The monoisotopic (exact) mass is 386 g/mol. The number of fused-ring (bicyclic) bond motifs is 1. The molecule has 0 radical (unpaired) electrons. The van der Waals surface area contributed by atoms with Crippen LogP contribution >= 0.6 is 15.9 Å². The normalized spacial score (nSPS) is 11.7. The van der Waals surface area contributed by atoms with E-state index in [-0.39, 0.29) is 11.1 Å². The second-order valence-corrected chi connectivity index (χ2v) is 5.85. The van der Waals surface area contributed by atoms with Gasteiger partial charge in [0.25, 0.3) is 5.91 Å². The molecule has 0 aliphatic heterocycles. The van der Waals surface area contributed by atoms with Crippen molar-refractivity contribution >= 4 is 38.5 Å². The molecule has 1 heterocycles. The number of primary amides is 1. The second kappa shape index (κ2) is 6.88. The number of para-hydroxylation sites is 2. The Labute approximate surface area is 146 Å². The van der Waals surface area contributed by atoms with E-state index in [9.17, 15) is 4.79 Å². The van der Waals surface area contributed by atoms with E-state index in [4.69, 9.17) is 14.9 Å². The van der Waals surface area contributed by atoms with E-state index in [0.717, 1.165) is 9.86 Å². The average molecular weight is 387 g/mol. The number of ether oxygens (including phenoxy) is 1. The van der Waals surface area contributed by atoms with Crippen LogP contribution in [0.25, 0.3) is 11.0 Å². The summed E-state index contributed by atoms with van der Waals surface area (Å²) in [5, 5.41) is 0.723. The van der Waals surface area contributed by atoms with E-state index in [1.807, 2.05) is 49.4 Å². The van der Waals surface area contributed by atoms with Crippen molar-refractivity contribution in [2.45, 2.75) is 6.92 Å². The van der Waals surface area contributed by atoms with Gasteiger partial charge in [-0.15, -0.1) is 0 Å². The number of nitrogens with zero attached hydrogens (tertiary/aromatic N) is 1. The Balaban J connectivity index is 2.32. The van der Waals surface area contributed by atoms with Crippen LogP contribution in [-0.4, -0.2) is 12.5 Å². The van der Waals surface area contributed by atoms with Crippen LogP contribution in [0.1, 0.15) is 17.3 Å². The molecule has 2 N–H and O–H groups in total. The number of amides is 1. The third-order valence-electron chi connectivity index (χ3n) is 3.38. The van der Waals surface area contributed by atoms with Crippen molar-refractivity contribution in [3.63, 3.8) is 0 Å². The Morgan fingerprint density at radius 1 is 1.25 bits per heavy atom. The van der Waals surface area contributed by atoms with E-state index >= 15 is 0 Å². The fraction of sp³-hybridized carbons (Fsp3) is 0.111. The number of carbonyl (C=O) groups excluding carboxylic acids is 1. The van der Waals surface area contributed by atoms with Crippen LogP contribution in [0.3, 0.4) is 0 Å². The molecule has 0 spiro atoms. The van der Waals surface area contributed by atoms with Gasteiger partial charge in [0.15, 0.2) is 11.3 Å². The minimum absolute atomic E-state index is 0.147. The molecule has 3 rings (SSSR count). The first-order chi connectivity index (χ1) is 11.6. The highest BCUT2D eigenvalue weighted by atomic mass is 79.9. The molecule has 0 unspecified atom stereocenters. The summed E-state index contributed by atoms with van der Waals surface area (Å²) in [6.07, 6.45) is 0. The molecule has 0 atom stereocenters. The van der Waals surface area contributed by atoms with E-state index in [1.54, 1.807) is 6.07 Å². The zero-order valence-electron chi connectivity index (χ0n) is 13.0. The smallest absolute Gasteiger partial charge is 0.254 e. The van der Waals surface area contributed by atoms with Crippen molar-refractivity contribution in [2.24, 2.45) is 10.7 Å². The summed E-state index contributed by atoms with van der Waals surface area (Å²) >= 11 is 3.43. The van der Waals surface area contributed by atoms with E-state index < -0.39 is 5.91 Å². The van der Waals surface area contributed by atoms with Crippen molar-refractivity contribution in [1.29, 1.82) is 0 Å². The summed E-state index contributed by atoms with van der Waals surface area (Å²) in [6, 6.07) is 14.5. The largest absolute Gasteiger partial charge is 0.490 e. The van der Waals surface area contributed by atoms with Gasteiger partial charge in [0.05, 0.1) is 12.3 Å². The topological polar surface area (TPSA) is 77.8 Å². The molecule has 2 aromatic carbocycles. The van der Waals surface area contributed by atoms with Crippen LogP contribution < -0.4 is 16.0 Å². The molecule has 0 fully saturated rings. The third kappa shape index (κ3) is 3.19. The van der Waals surface area contributed by atoms with Crippen LogP contribution in [0.2, 0.25) is 0 Å². The summed E-state index contributed by atoms with van der Waals surface area (Å²) in [5.74, 6) is -0.0112. The maximum Gasteiger partial charge on any atom is 0.254 e. The molecule has 1 amide bonds. The first kappa shape index (κ1) is 16.3. The van der Waals surface area contributed by atoms with Crippen LogP contribution in [-0.2, 0) is 0 Å². The molecule has 5 nitrogen and oxygen atoms in total. The third-order valence-corrected chi connectivity index (χ3v) is 4.05. The molecular weight excluding hydrogens is 372 g/mol. The lowest BCUT2D eigenvalue weighted by atomic mass is 10.1. The SMILES string of the molecule is CCOc1cccc2cc(C(N)=O)c(=Nc3ccccc3Br)oc12. The van der Waals surface area contributed by atoms with Crippen molar-refractivity contribution < 1.29 is 13.9 Å². The minimum Gasteiger partial charge on any atom is -0.490 e. The van der Waals surface area contributed by atoms with Gasteiger partial charge >= 0.3 is 0 Å². The van der Waals surface area contributed by atoms with Gasteiger partial charge in [0.2, 0.25) is 5.55 Å². The highest BCUT2D eigenvalue weighted by molar-refractivity contribution is 9.10. The molecule has 0 aliphatic carbocycles. The van der Waals surface area contributed by atoms with Gasteiger partial charge < -0.3 is 14.9 Å². The molecule has 0 saturated carbocycles. The highest BCUT2D eigenvalue weighted by Gasteiger charge is 2.12. The van der Waals surface area contributed by atoms with Gasteiger partial charge in [-0.2, -0.15) is 0 Å². The second-order valence-electron chi connectivity index (χ2n) is 5.00. The van der Waals surface area contributed by atoms with Gasteiger partial charge in [-0.25, -0.2) is 4.99 Å². The van der Waals surface area contributed by atoms with Crippen molar-refractivity contribution in [1.82, 2.24) is 0 Å². The lowest BCUT2D eigenvalue weighted by molar-refractivity contribution is 0.0996. The lowest BCUT2D eigenvalue weighted by Crippen LogP contribution is -2.21. The zero-order valence-corrected chi connectivity index (χ0v) is 14.5. The molecule has 24 heavy (non-hydrogen) atoms. The Morgan fingerprint density at radius 3 is 2.75 bits per heavy atom. The van der Waals surface area contributed by atoms with E-state index in [1.165, 1.54) is 0 Å². The molecule has 0 bridgehead atoms.